The Morgan fingerprint density at radius 2 is 1.55 bits per heavy atom. The summed E-state index contributed by atoms with van der Waals surface area (Å²) in [4.78, 5) is 15.4. The van der Waals surface area contributed by atoms with Crippen molar-refractivity contribution < 1.29 is 9.53 Å². The van der Waals surface area contributed by atoms with Gasteiger partial charge in [-0.3, -0.25) is 4.90 Å². The summed E-state index contributed by atoms with van der Waals surface area (Å²) in [7, 11) is 1.48. The first kappa shape index (κ1) is 24.2. The third-order valence-electron chi connectivity index (χ3n) is 10.7. The van der Waals surface area contributed by atoms with E-state index in [0.29, 0.717) is 23.4 Å². The van der Waals surface area contributed by atoms with Crippen molar-refractivity contribution in [2.24, 2.45) is 17.3 Å². The first-order chi connectivity index (χ1) is 18.6. The lowest BCUT2D eigenvalue weighted by Gasteiger charge is -2.53. The van der Waals surface area contributed by atoms with Crippen LogP contribution in [0.2, 0.25) is 0 Å². The van der Waals surface area contributed by atoms with Crippen LogP contribution in [0.1, 0.15) is 84.0 Å². The fraction of sp³-hybridized carbons (Fsp3) is 0.457. The molecule has 5 aliphatic rings. The molecular weight excluding hydrogens is 466 g/mol. The van der Waals surface area contributed by atoms with Gasteiger partial charge in [-0.15, -0.1) is 0 Å². The van der Waals surface area contributed by atoms with Gasteiger partial charge >= 0.3 is 5.97 Å². The second-order valence-electron chi connectivity index (χ2n) is 12.6. The summed E-state index contributed by atoms with van der Waals surface area (Å²) in [5.74, 6) is 1.66. The van der Waals surface area contributed by atoms with Crippen LogP contribution in [0.4, 0.5) is 0 Å². The zero-order valence-corrected chi connectivity index (χ0v) is 22.5. The third-order valence-corrected chi connectivity index (χ3v) is 10.7. The van der Waals surface area contributed by atoms with E-state index in [2.05, 4.69) is 83.8 Å². The maximum atomic E-state index is 12.5. The summed E-state index contributed by atoms with van der Waals surface area (Å²) < 4.78 is 5.10. The predicted octanol–water partition coefficient (Wildman–Crippen LogP) is 7.54. The topological polar surface area (TPSA) is 29.5 Å². The summed E-state index contributed by atoms with van der Waals surface area (Å²) in [6.45, 7) is 2.41. The molecule has 1 spiro atoms. The first-order valence-corrected chi connectivity index (χ1v) is 14.7. The number of rotatable bonds is 6. The van der Waals surface area contributed by atoms with Crippen molar-refractivity contribution in [2.45, 2.75) is 62.3 Å². The number of carbonyl (C=O) groups is 1. The number of likely N-dealkylation sites (tertiary alicyclic amines) is 1. The Morgan fingerprint density at radius 3 is 2.24 bits per heavy atom. The number of carbonyl (C=O) groups excluding carboxylic acids is 1. The average Bonchev–Trinajstić information content (AvgIpc) is 3.52. The van der Waals surface area contributed by atoms with Crippen LogP contribution in [-0.2, 0) is 10.2 Å². The van der Waals surface area contributed by atoms with E-state index in [1.54, 1.807) is 0 Å². The van der Waals surface area contributed by atoms with Gasteiger partial charge < -0.3 is 4.74 Å². The number of ether oxygens (including phenoxy) is 1. The van der Waals surface area contributed by atoms with E-state index >= 15 is 0 Å². The molecule has 0 N–H and O–H groups in total. The molecule has 3 nitrogen and oxygen atoms in total. The molecule has 1 unspecified atom stereocenters. The maximum absolute atomic E-state index is 12.5. The molecule has 4 saturated carbocycles. The summed E-state index contributed by atoms with van der Waals surface area (Å²) in [5.41, 5.74) is 5.29. The molecule has 0 aromatic heterocycles. The highest BCUT2D eigenvalue weighted by molar-refractivity contribution is 5.89. The SMILES string of the molecule is COC(=O)c1cccc(C23CC4(C2)[C@H](CN(CC2CCCCC2)[C@@H]4c2ccccc2)C3c2ccccc2)c1. The van der Waals surface area contributed by atoms with Gasteiger partial charge in [0.15, 0.2) is 0 Å². The summed E-state index contributed by atoms with van der Waals surface area (Å²) in [6.07, 6.45) is 9.37. The Bertz CT molecular complexity index is 1290. The van der Waals surface area contributed by atoms with Crippen LogP contribution < -0.4 is 0 Å². The van der Waals surface area contributed by atoms with Gasteiger partial charge in [0.1, 0.15) is 0 Å². The van der Waals surface area contributed by atoms with Crippen molar-refractivity contribution in [1.82, 2.24) is 4.90 Å². The molecule has 3 aromatic carbocycles. The van der Waals surface area contributed by atoms with Crippen molar-refractivity contribution in [3.05, 3.63) is 107 Å². The standard InChI is InChI=1S/C35H39NO2/c1-38-33(37)28-18-11-19-29(20-28)34-23-35(24-34)30(31(34)26-14-7-3-8-15-26)22-36(21-25-12-5-2-6-13-25)32(35)27-16-9-4-10-17-27/h3-4,7-11,14-20,25,30-32H,2,5-6,12-13,21-24H2,1H3/t30-,31?,32-,34?,35?/m1/s1. The average molecular weight is 506 g/mol. The van der Waals surface area contributed by atoms with Crippen LogP contribution in [0, 0.1) is 17.3 Å². The van der Waals surface area contributed by atoms with Gasteiger partial charge in [-0.2, -0.15) is 0 Å². The second kappa shape index (κ2) is 9.38. The highest BCUT2D eigenvalue weighted by Gasteiger charge is 2.77. The minimum Gasteiger partial charge on any atom is -0.465 e. The fourth-order valence-electron chi connectivity index (χ4n) is 9.46. The summed E-state index contributed by atoms with van der Waals surface area (Å²) >= 11 is 0. The number of hydrogen-bond acceptors (Lipinski definition) is 3. The monoisotopic (exact) mass is 505 g/mol. The Labute approximate surface area is 227 Å². The van der Waals surface area contributed by atoms with Gasteiger partial charge in [0.05, 0.1) is 12.7 Å². The molecule has 3 atom stereocenters. The van der Waals surface area contributed by atoms with Crippen LogP contribution >= 0.6 is 0 Å². The normalized spacial score (nSPS) is 32.5. The Kier molecular flexibility index (Phi) is 5.96. The molecule has 38 heavy (non-hydrogen) atoms. The van der Waals surface area contributed by atoms with Crippen LogP contribution in [0.25, 0.3) is 0 Å². The van der Waals surface area contributed by atoms with Crippen molar-refractivity contribution >= 4 is 5.97 Å². The molecule has 1 aliphatic heterocycles. The van der Waals surface area contributed by atoms with E-state index in [9.17, 15) is 4.79 Å². The highest BCUT2D eigenvalue weighted by atomic mass is 16.5. The van der Waals surface area contributed by atoms with Gasteiger partial charge in [0.25, 0.3) is 0 Å². The largest absolute Gasteiger partial charge is 0.465 e. The van der Waals surface area contributed by atoms with E-state index < -0.39 is 0 Å². The molecule has 8 rings (SSSR count). The van der Waals surface area contributed by atoms with Crippen molar-refractivity contribution in [1.29, 1.82) is 0 Å². The van der Waals surface area contributed by atoms with E-state index in [0.717, 1.165) is 5.92 Å². The second-order valence-corrected chi connectivity index (χ2v) is 12.6. The van der Waals surface area contributed by atoms with Crippen LogP contribution in [0.5, 0.6) is 0 Å². The Hall–Kier alpha value is -2.91. The number of benzene rings is 3. The van der Waals surface area contributed by atoms with E-state index in [1.807, 2.05) is 6.07 Å². The number of nitrogens with zero attached hydrogens (tertiary/aromatic N) is 1. The van der Waals surface area contributed by atoms with Gasteiger partial charge in [-0.25, -0.2) is 4.79 Å². The van der Waals surface area contributed by atoms with Crippen LogP contribution in [0.15, 0.2) is 84.9 Å². The smallest absolute Gasteiger partial charge is 0.337 e. The molecule has 196 valence electrons. The molecule has 0 radical (unpaired) electrons. The van der Waals surface area contributed by atoms with Crippen molar-refractivity contribution in [3.8, 4) is 0 Å². The Balaban J connectivity index is 1.32. The molecule has 5 fully saturated rings. The molecule has 3 aromatic rings. The maximum Gasteiger partial charge on any atom is 0.337 e. The molecule has 4 aliphatic carbocycles. The lowest BCUT2D eigenvalue weighted by Crippen LogP contribution is -2.48. The molecule has 0 amide bonds. The van der Waals surface area contributed by atoms with Gasteiger partial charge in [-0.1, -0.05) is 92.1 Å². The molecule has 1 heterocycles. The fourth-order valence-corrected chi connectivity index (χ4v) is 9.46. The third kappa shape index (κ3) is 3.61. The zero-order valence-electron chi connectivity index (χ0n) is 22.5. The lowest BCUT2D eigenvalue weighted by molar-refractivity contribution is 0.0253. The zero-order chi connectivity index (χ0) is 25.7. The van der Waals surface area contributed by atoms with Crippen LogP contribution in [0.3, 0.4) is 0 Å². The summed E-state index contributed by atoms with van der Waals surface area (Å²) in [6, 6.07) is 31.5. The van der Waals surface area contributed by atoms with Gasteiger partial charge in [0, 0.05) is 24.5 Å². The molecular formula is C35H39NO2. The quantitative estimate of drug-likeness (QED) is 0.324. The number of esters is 1. The lowest BCUT2D eigenvalue weighted by atomic mass is 9.52. The molecule has 1 saturated heterocycles. The Morgan fingerprint density at radius 1 is 0.868 bits per heavy atom. The van der Waals surface area contributed by atoms with Crippen molar-refractivity contribution in [2.75, 3.05) is 20.2 Å². The summed E-state index contributed by atoms with van der Waals surface area (Å²) in [5, 5.41) is 0. The highest BCUT2D eigenvalue weighted by Crippen LogP contribution is 2.82. The minimum atomic E-state index is -0.243. The predicted molar refractivity (Wildman–Crippen MR) is 151 cm³/mol. The minimum absolute atomic E-state index is 0.0695. The van der Waals surface area contributed by atoms with Gasteiger partial charge in [0.2, 0.25) is 0 Å². The van der Waals surface area contributed by atoms with Crippen LogP contribution in [-0.4, -0.2) is 31.1 Å². The molecule has 3 heteroatoms. The molecule has 2 bridgehead atoms. The van der Waals surface area contributed by atoms with Crippen molar-refractivity contribution in [3.63, 3.8) is 0 Å². The van der Waals surface area contributed by atoms with Gasteiger partial charge in [-0.05, 0) is 77.7 Å². The number of hydrogen-bond donors (Lipinski definition) is 0. The van der Waals surface area contributed by atoms with E-state index in [1.165, 1.54) is 81.8 Å². The first-order valence-electron chi connectivity index (χ1n) is 14.7. The van der Waals surface area contributed by atoms with E-state index in [4.69, 9.17) is 4.74 Å². The van der Waals surface area contributed by atoms with E-state index in [-0.39, 0.29) is 16.8 Å². The number of methoxy groups -OCH3 is 1.